The number of rotatable bonds is 5. The van der Waals surface area contributed by atoms with Crippen molar-refractivity contribution in [2.45, 2.75) is 13.0 Å². The third-order valence-electron chi connectivity index (χ3n) is 3.09. The first-order chi connectivity index (χ1) is 11.0. The van der Waals surface area contributed by atoms with Gasteiger partial charge in [-0.25, -0.2) is 4.79 Å². The number of methoxy groups -OCH3 is 1. The van der Waals surface area contributed by atoms with Gasteiger partial charge in [-0.15, -0.1) is 0 Å². The minimum atomic E-state index is -0.930. The monoisotopic (exact) mass is 333 g/mol. The second-order valence-corrected chi connectivity index (χ2v) is 5.21. The number of nitrogens with one attached hydrogen (secondary N) is 1. The summed E-state index contributed by atoms with van der Waals surface area (Å²) in [6.45, 7) is 1.51. The second-order valence-electron chi connectivity index (χ2n) is 4.77. The molecule has 120 valence electrons. The number of benzene rings is 2. The summed E-state index contributed by atoms with van der Waals surface area (Å²) >= 11 is 5.76. The van der Waals surface area contributed by atoms with Crippen LogP contribution in [-0.4, -0.2) is 25.1 Å². The molecule has 6 heteroatoms. The zero-order valence-electron chi connectivity index (χ0n) is 12.7. The minimum Gasteiger partial charge on any atom is -0.497 e. The van der Waals surface area contributed by atoms with Gasteiger partial charge in [0.05, 0.1) is 12.7 Å². The molecule has 1 atom stereocenters. The summed E-state index contributed by atoms with van der Waals surface area (Å²) in [6, 6.07) is 13.1. The third kappa shape index (κ3) is 4.72. The molecule has 0 radical (unpaired) electrons. The fraction of sp³-hybridized carbons (Fsp3) is 0.176. The number of esters is 1. The Morgan fingerprint density at radius 2 is 1.65 bits per heavy atom. The second kappa shape index (κ2) is 7.65. The van der Waals surface area contributed by atoms with Crippen LogP contribution in [0.25, 0.3) is 0 Å². The lowest BCUT2D eigenvalue weighted by atomic mass is 10.2. The van der Waals surface area contributed by atoms with E-state index in [0.717, 1.165) is 0 Å². The molecule has 23 heavy (non-hydrogen) atoms. The van der Waals surface area contributed by atoms with Crippen molar-refractivity contribution in [1.82, 2.24) is 0 Å². The Hall–Kier alpha value is -2.53. The van der Waals surface area contributed by atoms with Crippen molar-refractivity contribution in [3.8, 4) is 5.75 Å². The van der Waals surface area contributed by atoms with Crippen LogP contribution in [0.3, 0.4) is 0 Å². The smallest absolute Gasteiger partial charge is 0.338 e. The maximum Gasteiger partial charge on any atom is 0.338 e. The fourth-order valence-electron chi connectivity index (χ4n) is 1.79. The summed E-state index contributed by atoms with van der Waals surface area (Å²) < 4.78 is 10.2. The summed E-state index contributed by atoms with van der Waals surface area (Å²) in [5.74, 6) is -0.318. The van der Waals surface area contributed by atoms with Crippen molar-refractivity contribution in [2.75, 3.05) is 12.4 Å². The van der Waals surface area contributed by atoms with E-state index >= 15 is 0 Å². The molecule has 1 amide bonds. The largest absolute Gasteiger partial charge is 0.497 e. The van der Waals surface area contributed by atoms with Crippen LogP contribution >= 0.6 is 11.6 Å². The maximum absolute atomic E-state index is 12.0. The summed E-state index contributed by atoms with van der Waals surface area (Å²) in [5.41, 5.74) is 0.920. The minimum absolute atomic E-state index is 0.332. The van der Waals surface area contributed by atoms with E-state index in [1.807, 2.05) is 0 Å². The molecule has 0 aliphatic rings. The quantitative estimate of drug-likeness (QED) is 0.850. The molecule has 0 saturated heterocycles. The number of carbonyl (C=O) groups excluding carboxylic acids is 2. The van der Waals surface area contributed by atoms with Gasteiger partial charge in [-0.2, -0.15) is 0 Å². The average molecular weight is 334 g/mol. The van der Waals surface area contributed by atoms with Crippen LogP contribution in [0, 0.1) is 0 Å². The molecule has 0 fully saturated rings. The van der Waals surface area contributed by atoms with Crippen molar-refractivity contribution in [2.24, 2.45) is 0 Å². The van der Waals surface area contributed by atoms with Gasteiger partial charge in [0.2, 0.25) is 0 Å². The van der Waals surface area contributed by atoms with E-state index in [9.17, 15) is 9.59 Å². The van der Waals surface area contributed by atoms with E-state index < -0.39 is 18.0 Å². The van der Waals surface area contributed by atoms with Gasteiger partial charge in [0.15, 0.2) is 6.10 Å². The lowest BCUT2D eigenvalue weighted by Crippen LogP contribution is -2.29. The summed E-state index contributed by atoms with van der Waals surface area (Å²) in [6.07, 6.45) is -0.930. The predicted octanol–water partition coefficient (Wildman–Crippen LogP) is 3.53. The van der Waals surface area contributed by atoms with Crippen LogP contribution in [0.2, 0.25) is 5.02 Å². The van der Waals surface area contributed by atoms with Gasteiger partial charge < -0.3 is 14.8 Å². The highest BCUT2D eigenvalue weighted by Gasteiger charge is 2.19. The first-order valence-electron chi connectivity index (χ1n) is 6.91. The molecule has 0 unspecified atom stereocenters. The zero-order valence-corrected chi connectivity index (χ0v) is 13.5. The normalized spacial score (nSPS) is 11.4. The number of hydrogen-bond acceptors (Lipinski definition) is 4. The Bertz CT molecular complexity index is 683. The predicted molar refractivity (Wildman–Crippen MR) is 88.0 cm³/mol. The van der Waals surface area contributed by atoms with Crippen molar-refractivity contribution >= 4 is 29.2 Å². The average Bonchev–Trinajstić information content (AvgIpc) is 2.56. The van der Waals surface area contributed by atoms with E-state index in [1.165, 1.54) is 6.92 Å². The standard InChI is InChI=1S/C17H16ClNO4/c1-11(23-17(21)12-3-5-13(18)6-4-12)16(20)19-14-7-9-15(22-2)10-8-14/h3-11H,1-2H3,(H,19,20)/t11-/m0/s1. The molecule has 0 saturated carbocycles. The fourth-order valence-corrected chi connectivity index (χ4v) is 1.91. The molecular weight excluding hydrogens is 318 g/mol. The van der Waals surface area contributed by atoms with E-state index in [1.54, 1.807) is 55.6 Å². The van der Waals surface area contributed by atoms with Crippen molar-refractivity contribution < 1.29 is 19.1 Å². The summed E-state index contributed by atoms with van der Waals surface area (Å²) in [5, 5.41) is 3.19. The van der Waals surface area contributed by atoms with E-state index in [4.69, 9.17) is 21.1 Å². The highest BCUT2D eigenvalue weighted by Crippen LogP contribution is 2.16. The van der Waals surface area contributed by atoms with Crippen LogP contribution < -0.4 is 10.1 Å². The van der Waals surface area contributed by atoms with E-state index in [0.29, 0.717) is 22.0 Å². The van der Waals surface area contributed by atoms with Gasteiger partial charge in [-0.05, 0) is 55.5 Å². The third-order valence-corrected chi connectivity index (χ3v) is 3.34. The topological polar surface area (TPSA) is 64.6 Å². The van der Waals surface area contributed by atoms with E-state index in [2.05, 4.69) is 5.32 Å². The molecule has 2 aromatic rings. The van der Waals surface area contributed by atoms with E-state index in [-0.39, 0.29) is 0 Å². The molecule has 1 N–H and O–H groups in total. The first kappa shape index (κ1) is 16.8. The highest BCUT2D eigenvalue weighted by molar-refractivity contribution is 6.30. The lowest BCUT2D eigenvalue weighted by molar-refractivity contribution is -0.123. The molecule has 0 spiro atoms. The molecule has 0 heterocycles. The van der Waals surface area contributed by atoms with Gasteiger partial charge in [-0.1, -0.05) is 11.6 Å². The van der Waals surface area contributed by atoms with Gasteiger partial charge in [0, 0.05) is 10.7 Å². The number of ether oxygens (including phenoxy) is 2. The van der Waals surface area contributed by atoms with Crippen molar-refractivity contribution in [3.63, 3.8) is 0 Å². The molecule has 0 aliphatic heterocycles. The van der Waals surface area contributed by atoms with Gasteiger partial charge >= 0.3 is 5.97 Å². The summed E-state index contributed by atoms with van der Waals surface area (Å²) in [7, 11) is 1.56. The number of amides is 1. The van der Waals surface area contributed by atoms with Crippen LogP contribution in [0.1, 0.15) is 17.3 Å². The van der Waals surface area contributed by atoms with Crippen molar-refractivity contribution in [1.29, 1.82) is 0 Å². The molecule has 2 rings (SSSR count). The van der Waals surface area contributed by atoms with Crippen LogP contribution in [0.15, 0.2) is 48.5 Å². The molecule has 5 nitrogen and oxygen atoms in total. The SMILES string of the molecule is COc1ccc(NC(=O)[C@H](C)OC(=O)c2ccc(Cl)cc2)cc1. The number of anilines is 1. The number of halogens is 1. The molecule has 0 aliphatic carbocycles. The van der Waals surface area contributed by atoms with Crippen LogP contribution in [0.5, 0.6) is 5.75 Å². The maximum atomic E-state index is 12.0. The number of hydrogen-bond donors (Lipinski definition) is 1. The first-order valence-corrected chi connectivity index (χ1v) is 7.29. The molecule has 2 aromatic carbocycles. The Balaban J connectivity index is 1.93. The highest BCUT2D eigenvalue weighted by atomic mass is 35.5. The molecule has 0 bridgehead atoms. The van der Waals surface area contributed by atoms with Gasteiger partial charge in [0.1, 0.15) is 5.75 Å². The Kier molecular flexibility index (Phi) is 5.60. The lowest BCUT2D eigenvalue weighted by Gasteiger charge is -2.13. The zero-order chi connectivity index (χ0) is 16.8. The Labute approximate surface area is 139 Å². The Morgan fingerprint density at radius 3 is 2.22 bits per heavy atom. The van der Waals surface area contributed by atoms with Crippen molar-refractivity contribution in [3.05, 3.63) is 59.1 Å². The summed E-state index contributed by atoms with van der Waals surface area (Å²) in [4.78, 5) is 24.0. The van der Waals surface area contributed by atoms with Crippen LogP contribution in [0.4, 0.5) is 5.69 Å². The van der Waals surface area contributed by atoms with Gasteiger partial charge in [-0.3, -0.25) is 4.79 Å². The molecule has 0 aromatic heterocycles. The number of carbonyl (C=O) groups is 2. The molecular formula is C17H16ClNO4. The van der Waals surface area contributed by atoms with Crippen LogP contribution in [-0.2, 0) is 9.53 Å². The van der Waals surface area contributed by atoms with Gasteiger partial charge in [0.25, 0.3) is 5.91 Å². The Morgan fingerprint density at radius 1 is 1.04 bits per heavy atom.